The molecule has 1 radical (unpaired) electrons. The normalized spacial score (nSPS) is 9.42. The van der Waals surface area contributed by atoms with E-state index >= 15 is 0 Å². The molecule has 0 bridgehead atoms. The second-order valence-corrected chi connectivity index (χ2v) is 2.54. The summed E-state index contributed by atoms with van der Waals surface area (Å²) in [6.07, 6.45) is 1.03. The van der Waals surface area contributed by atoms with Gasteiger partial charge in [-0.2, -0.15) is 0 Å². The van der Waals surface area contributed by atoms with Crippen molar-refractivity contribution in [2.24, 2.45) is 0 Å². The van der Waals surface area contributed by atoms with E-state index in [0.717, 1.165) is 12.0 Å². The molecule has 0 aliphatic carbocycles. The highest BCUT2D eigenvalue weighted by Crippen LogP contribution is 2.05. The maximum atomic E-state index is 9.75. The second-order valence-electron chi connectivity index (χ2n) is 2.54. The van der Waals surface area contributed by atoms with Crippen LogP contribution in [0, 0.1) is 0 Å². The first-order valence-electron chi connectivity index (χ1n) is 3.93. The van der Waals surface area contributed by atoms with Crippen molar-refractivity contribution in [1.82, 2.24) is 0 Å². The fourth-order valence-corrected chi connectivity index (χ4v) is 0.984. The standard InChI is InChI=1S/C10H11O2/c1-2-9-3-5-10(6-4-9)7-12-8-11/h3-6H,2,7H2,1H3. The third-order valence-corrected chi connectivity index (χ3v) is 1.73. The van der Waals surface area contributed by atoms with Gasteiger partial charge in [-0.05, 0) is 17.5 Å². The number of benzene rings is 1. The van der Waals surface area contributed by atoms with Gasteiger partial charge in [0.15, 0.2) is 0 Å². The summed E-state index contributed by atoms with van der Waals surface area (Å²) in [6.45, 7) is 3.81. The van der Waals surface area contributed by atoms with Crippen LogP contribution in [0.4, 0.5) is 0 Å². The van der Waals surface area contributed by atoms with Crippen molar-refractivity contribution in [2.75, 3.05) is 0 Å². The molecule has 0 aliphatic rings. The van der Waals surface area contributed by atoms with Gasteiger partial charge in [0.2, 0.25) is 0 Å². The molecule has 0 atom stereocenters. The van der Waals surface area contributed by atoms with Crippen molar-refractivity contribution >= 4 is 6.47 Å². The summed E-state index contributed by atoms with van der Waals surface area (Å²) in [4.78, 5) is 9.75. The number of ether oxygens (including phenoxy) is 1. The monoisotopic (exact) mass is 163 g/mol. The molecular weight excluding hydrogens is 152 g/mol. The Morgan fingerprint density at radius 1 is 1.25 bits per heavy atom. The molecule has 0 saturated carbocycles. The van der Waals surface area contributed by atoms with Crippen molar-refractivity contribution in [3.05, 3.63) is 35.4 Å². The Kier molecular flexibility index (Phi) is 3.33. The molecule has 0 fully saturated rings. The Hall–Kier alpha value is -1.31. The predicted octanol–water partition coefficient (Wildman–Crippen LogP) is 1.83. The van der Waals surface area contributed by atoms with E-state index in [2.05, 4.69) is 11.7 Å². The number of rotatable bonds is 4. The Bertz CT molecular complexity index is 239. The van der Waals surface area contributed by atoms with Crippen LogP contribution in [0.1, 0.15) is 18.1 Å². The summed E-state index contributed by atoms with van der Waals surface area (Å²) in [6, 6.07) is 7.97. The maximum Gasteiger partial charge on any atom is 0.417 e. The van der Waals surface area contributed by atoms with Crippen LogP contribution in [0.2, 0.25) is 0 Å². The van der Waals surface area contributed by atoms with E-state index in [9.17, 15) is 4.79 Å². The molecule has 0 spiro atoms. The lowest BCUT2D eigenvalue weighted by Crippen LogP contribution is -1.90. The zero-order chi connectivity index (χ0) is 8.81. The number of aryl methyl sites for hydroxylation is 1. The minimum atomic E-state index is 0.313. The van der Waals surface area contributed by atoms with Crippen molar-refractivity contribution in [2.45, 2.75) is 20.0 Å². The summed E-state index contributed by atoms with van der Waals surface area (Å²) in [5.74, 6) is 0. The average Bonchev–Trinajstić information content (AvgIpc) is 2.15. The Morgan fingerprint density at radius 2 is 1.83 bits per heavy atom. The van der Waals surface area contributed by atoms with E-state index in [1.165, 1.54) is 12.0 Å². The Morgan fingerprint density at radius 3 is 2.33 bits per heavy atom. The summed E-state index contributed by atoms with van der Waals surface area (Å²) < 4.78 is 4.49. The van der Waals surface area contributed by atoms with Crippen molar-refractivity contribution in [3.63, 3.8) is 0 Å². The van der Waals surface area contributed by atoms with Crippen LogP contribution in [-0.2, 0) is 22.6 Å². The second kappa shape index (κ2) is 4.54. The minimum absolute atomic E-state index is 0.313. The van der Waals surface area contributed by atoms with Crippen molar-refractivity contribution in [1.29, 1.82) is 0 Å². The molecule has 2 heteroatoms. The van der Waals surface area contributed by atoms with Gasteiger partial charge in [0.25, 0.3) is 0 Å². The highest BCUT2D eigenvalue weighted by molar-refractivity contribution is 5.38. The SMILES string of the molecule is CCc1ccc(CO[C]=O)cc1. The van der Waals surface area contributed by atoms with Crippen LogP contribution in [-0.4, -0.2) is 6.47 Å². The smallest absolute Gasteiger partial charge is 0.417 e. The average molecular weight is 163 g/mol. The van der Waals surface area contributed by atoms with E-state index in [1.54, 1.807) is 0 Å². The van der Waals surface area contributed by atoms with Gasteiger partial charge in [-0.25, -0.2) is 4.79 Å². The molecule has 1 aromatic carbocycles. The molecule has 12 heavy (non-hydrogen) atoms. The van der Waals surface area contributed by atoms with Gasteiger partial charge in [-0.15, -0.1) is 0 Å². The molecule has 2 nitrogen and oxygen atoms in total. The van der Waals surface area contributed by atoms with E-state index in [1.807, 2.05) is 24.3 Å². The van der Waals surface area contributed by atoms with Crippen molar-refractivity contribution in [3.8, 4) is 0 Å². The van der Waals surface area contributed by atoms with Gasteiger partial charge in [0, 0.05) is 0 Å². The number of hydrogen-bond donors (Lipinski definition) is 0. The lowest BCUT2D eigenvalue weighted by Gasteiger charge is -1.99. The van der Waals surface area contributed by atoms with E-state index in [0.29, 0.717) is 6.61 Å². The van der Waals surface area contributed by atoms with E-state index < -0.39 is 0 Å². The van der Waals surface area contributed by atoms with Crippen LogP contribution in [0.25, 0.3) is 0 Å². The van der Waals surface area contributed by atoms with Gasteiger partial charge in [-0.3, -0.25) is 0 Å². The van der Waals surface area contributed by atoms with Crippen molar-refractivity contribution < 1.29 is 9.53 Å². The largest absolute Gasteiger partial charge is 0.452 e. The molecule has 0 aliphatic heterocycles. The number of carbonyl (C=O) groups excluding carboxylic acids is 1. The molecule has 0 saturated heterocycles. The van der Waals surface area contributed by atoms with Crippen LogP contribution < -0.4 is 0 Å². The molecule has 0 amide bonds. The fourth-order valence-electron chi connectivity index (χ4n) is 0.984. The van der Waals surface area contributed by atoms with Gasteiger partial charge < -0.3 is 4.74 Å². The third kappa shape index (κ3) is 2.38. The molecule has 1 aromatic rings. The van der Waals surface area contributed by atoms with E-state index in [-0.39, 0.29) is 0 Å². The number of hydrogen-bond acceptors (Lipinski definition) is 2. The van der Waals surface area contributed by atoms with Gasteiger partial charge >= 0.3 is 6.47 Å². The minimum Gasteiger partial charge on any atom is -0.452 e. The van der Waals surface area contributed by atoms with Crippen LogP contribution >= 0.6 is 0 Å². The summed E-state index contributed by atoms with van der Waals surface area (Å²) in [5.41, 5.74) is 2.28. The first-order chi connectivity index (χ1) is 5.86. The quantitative estimate of drug-likeness (QED) is 0.676. The van der Waals surface area contributed by atoms with Gasteiger partial charge in [-0.1, -0.05) is 31.2 Å². The zero-order valence-corrected chi connectivity index (χ0v) is 7.04. The molecule has 0 heterocycles. The maximum absolute atomic E-state index is 9.75. The molecule has 0 aromatic heterocycles. The zero-order valence-electron chi connectivity index (χ0n) is 7.04. The van der Waals surface area contributed by atoms with E-state index in [4.69, 9.17) is 0 Å². The topological polar surface area (TPSA) is 26.3 Å². The summed E-state index contributed by atoms with van der Waals surface area (Å²) >= 11 is 0. The molecule has 1 rings (SSSR count). The Labute approximate surface area is 72.2 Å². The lowest BCUT2D eigenvalue weighted by molar-refractivity contribution is 0.267. The molecular formula is C10H11O2. The van der Waals surface area contributed by atoms with Crippen LogP contribution in [0.5, 0.6) is 0 Å². The lowest BCUT2D eigenvalue weighted by atomic mass is 10.1. The molecule has 63 valence electrons. The Balaban J connectivity index is 2.58. The fraction of sp³-hybridized carbons (Fsp3) is 0.300. The highest BCUT2D eigenvalue weighted by atomic mass is 16.5. The summed E-state index contributed by atoms with van der Waals surface area (Å²) in [5, 5.41) is 0. The van der Waals surface area contributed by atoms with Crippen LogP contribution in [0.15, 0.2) is 24.3 Å². The first-order valence-corrected chi connectivity index (χ1v) is 3.93. The molecule has 0 unspecified atom stereocenters. The predicted molar refractivity (Wildman–Crippen MR) is 46.3 cm³/mol. The summed E-state index contributed by atoms with van der Waals surface area (Å²) in [7, 11) is 0. The third-order valence-electron chi connectivity index (χ3n) is 1.73. The van der Waals surface area contributed by atoms with Crippen LogP contribution in [0.3, 0.4) is 0 Å². The van der Waals surface area contributed by atoms with Gasteiger partial charge in [0.1, 0.15) is 6.61 Å². The first kappa shape index (κ1) is 8.78. The highest BCUT2D eigenvalue weighted by Gasteiger charge is 1.92. The van der Waals surface area contributed by atoms with Gasteiger partial charge in [0.05, 0.1) is 0 Å². The molecule has 0 N–H and O–H groups in total.